The van der Waals surface area contributed by atoms with Crippen molar-refractivity contribution < 1.29 is 4.74 Å². The van der Waals surface area contributed by atoms with Crippen LogP contribution in [0.15, 0.2) is 24.3 Å². The molecule has 19 heavy (non-hydrogen) atoms. The summed E-state index contributed by atoms with van der Waals surface area (Å²) in [5, 5.41) is 0. The van der Waals surface area contributed by atoms with Crippen molar-refractivity contribution in [3.8, 4) is 5.75 Å². The van der Waals surface area contributed by atoms with E-state index < -0.39 is 0 Å². The number of rotatable bonds is 6. The summed E-state index contributed by atoms with van der Waals surface area (Å²) >= 11 is 0. The van der Waals surface area contributed by atoms with Gasteiger partial charge in [-0.3, -0.25) is 4.90 Å². The molecule has 0 aliphatic carbocycles. The average Bonchev–Trinajstić information content (AvgIpc) is 2.89. The summed E-state index contributed by atoms with van der Waals surface area (Å²) in [6.45, 7) is 8.02. The lowest BCUT2D eigenvalue weighted by molar-refractivity contribution is 0.240. The van der Waals surface area contributed by atoms with Gasteiger partial charge in [-0.25, -0.2) is 0 Å². The Morgan fingerprint density at radius 3 is 2.89 bits per heavy atom. The van der Waals surface area contributed by atoms with E-state index in [1.165, 1.54) is 31.5 Å². The zero-order valence-electron chi connectivity index (χ0n) is 12.1. The van der Waals surface area contributed by atoms with E-state index in [0.29, 0.717) is 19.2 Å². The van der Waals surface area contributed by atoms with Gasteiger partial charge in [-0.05, 0) is 43.5 Å². The van der Waals surface area contributed by atoms with E-state index in [1.54, 1.807) is 0 Å². The molecule has 1 aromatic rings. The fraction of sp³-hybridized carbons (Fsp3) is 0.625. The highest BCUT2D eigenvalue weighted by atomic mass is 16.5. The van der Waals surface area contributed by atoms with E-state index in [1.807, 2.05) is 13.0 Å². The smallest absolute Gasteiger partial charge is 0.119 e. The van der Waals surface area contributed by atoms with Gasteiger partial charge in [-0.2, -0.15) is 0 Å². The minimum atomic E-state index is 0.331. The van der Waals surface area contributed by atoms with Crippen LogP contribution in [0, 0.1) is 5.92 Å². The minimum absolute atomic E-state index is 0.331. The largest absolute Gasteiger partial charge is 0.494 e. The van der Waals surface area contributed by atoms with Gasteiger partial charge in [0.05, 0.1) is 6.61 Å². The molecule has 3 nitrogen and oxygen atoms in total. The van der Waals surface area contributed by atoms with Gasteiger partial charge in [0.2, 0.25) is 0 Å². The Bertz CT molecular complexity index is 394. The molecule has 106 valence electrons. The molecule has 1 saturated heterocycles. The molecule has 1 aliphatic heterocycles. The van der Waals surface area contributed by atoms with Crippen molar-refractivity contribution in [3.05, 3.63) is 29.8 Å². The average molecular weight is 262 g/mol. The van der Waals surface area contributed by atoms with Crippen molar-refractivity contribution >= 4 is 0 Å². The van der Waals surface area contributed by atoms with Gasteiger partial charge < -0.3 is 10.5 Å². The maximum atomic E-state index is 6.01. The van der Waals surface area contributed by atoms with E-state index in [-0.39, 0.29) is 0 Å². The van der Waals surface area contributed by atoms with Crippen LogP contribution in [0.25, 0.3) is 0 Å². The number of ether oxygens (including phenoxy) is 1. The Labute approximate surface area is 116 Å². The first kappa shape index (κ1) is 14.4. The molecular formula is C16H26N2O. The third-order valence-electron chi connectivity index (χ3n) is 4.11. The van der Waals surface area contributed by atoms with Crippen molar-refractivity contribution in [2.45, 2.75) is 32.7 Å². The van der Waals surface area contributed by atoms with Crippen LogP contribution in [0.2, 0.25) is 0 Å². The van der Waals surface area contributed by atoms with Crippen LogP contribution in [0.3, 0.4) is 0 Å². The molecule has 1 aromatic carbocycles. The summed E-state index contributed by atoms with van der Waals surface area (Å²) in [4.78, 5) is 2.53. The number of likely N-dealkylation sites (tertiary alicyclic amines) is 1. The molecule has 2 N–H and O–H groups in total. The first-order chi connectivity index (χ1) is 9.28. The van der Waals surface area contributed by atoms with E-state index in [0.717, 1.165) is 11.7 Å². The first-order valence-corrected chi connectivity index (χ1v) is 7.45. The van der Waals surface area contributed by atoms with E-state index >= 15 is 0 Å². The highest BCUT2D eigenvalue weighted by Gasteiger charge is 2.27. The van der Waals surface area contributed by atoms with Gasteiger partial charge >= 0.3 is 0 Å². The first-order valence-electron chi connectivity index (χ1n) is 7.45. The Kier molecular flexibility index (Phi) is 5.23. The molecule has 2 rings (SSSR count). The summed E-state index contributed by atoms with van der Waals surface area (Å²) in [5.74, 6) is 1.79. The maximum absolute atomic E-state index is 6.01. The molecule has 0 radical (unpaired) electrons. The highest BCUT2D eigenvalue weighted by Crippen LogP contribution is 2.29. The van der Waals surface area contributed by atoms with E-state index in [4.69, 9.17) is 10.5 Å². The van der Waals surface area contributed by atoms with Crippen molar-refractivity contribution in [2.75, 3.05) is 26.2 Å². The van der Waals surface area contributed by atoms with E-state index in [2.05, 4.69) is 30.0 Å². The Hall–Kier alpha value is -1.06. The Morgan fingerprint density at radius 1 is 1.42 bits per heavy atom. The Balaban J connectivity index is 2.10. The lowest BCUT2D eigenvalue weighted by Gasteiger charge is -2.27. The van der Waals surface area contributed by atoms with Crippen LogP contribution in [-0.2, 0) is 0 Å². The van der Waals surface area contributed by atoms with Gasteiger partial charge in [-0.1, -0.05) is 25.5 Å². The zero-order valence-corrected chi connectivity index (χ0v) is 12.1. The maximum Gasteiger partial charge on any atom is 0.119 e. The van der Waals surface area contributed by atoms with E-state index in [9.17, 15) is 0 Å². The summed E-state index contributed by atoms with van der Waals surface area (Å²) in [5.41, 5.74) is 7.30. The van der Waals surface area contributed by atoms with Crippen LogP contribution >= 0.6 is 0 Å². The fourth-order valence-electron chi connectivity index (χ4n) is 2.95. The molecule has 0 amide bonds. The SMILES string of the molecule is CCOc1cccc(C(CN)N2CCC(CC)C2)c1. The molecule has 0 spiro atoms. The molecule has 0 saturated carbocycles. The standard InChI is InChI=1S/C16H26N2O/c1-3-13-8-9-18(12-13)16(11-17)14-6-5-7-15(10-14)19-4-2/h5-7,10,13,16H,3-4,8-9,11-12,17H2,1-2H3. The van der Waals surface area contributed by atoms with Gasteiger partial charge in [0, 0.05) is 19.1 Å². The van der Waals surface area contributed by atoms with Crippen molar-refractivity contribution in [2.24, 2.45) is 11.7 Å². The predicted octanol–water partition coefficient (Wildman–Crippen LogP) is 2.82. The second kappa shape index (κ2) is 6.92. The second-order valence-electron chi connectivity index (χ2n) is 5.31. The topological polar surface area (TPSA) is 38.5 Å². The van der Waals surface area contributed by atoms with Crippen LogP contribution in [0.5, 0.6) is 5.75 Å². The molecule has 1 aliphatic rings. The van der Waals surface area contributed by atoms with Crippen LogP contribution in [0.1, 0.15) is 38.3 Å². The number of nitrogens with two attached hydrogens (primary N) is 1. The van der Waals surface area contributed by atoms with Gasteiger partial charge in [0.15, 0.2) is 0 Å². The summed E-state index contributed by atoms with van der Waals surface area (Å²) in [7, 11) is 0. The van der Waals surface area contributed by atoms with Gasteiger partial charge in [0.1, 0.15) is 5.75 Å². The highest BCUT2D eigenvalue weighted by molar-refractivity contribution is 5.31. The van der Waals surface area contributed by atoms with Crippen molar-refractivity contribution in [1.29, 1.82) is 0 Å². The lowest BCUT2D eigenvalue weighted by Crippen LogP contribution is -2.32. The van der Waals surface area contributed by atoms with Crippen LogP contribution in [0.4, 0.5) is 0 Å². The van der Waals surface area contributed by atoms with Crippen molar-refractivity contribution in [3.63, 3.8) is 0 Å². The third-order valence-corrected chi connectivity index (χ3v) is 4.11. The van der Waals surface area contributed by atoms with Gasteiger partial charge in [0.25, 0.3) is 0 Å². The molecule has 1 heterocycles. The van der Waals surface area contributed by atoms with Crippen molar-refractivity contribution in [1.82, 2.24) is 4.90 Å². The summed E-state index contributed by atoms with van der Waals surface area (Å²) < 4.78 is 5.59. The predicted molar refractivity (Wildman–Crippen MR) is 79.4 cm³/mol. The zero-order chi connectivity index (χ0) is 13.7. The number of benzene rings is 1. The normalized spacial score (nSPS) is 21.5. The number of nitrogens with zero attached hydrogens (tertiary/aromatic N) is 1. The van der Waals surface area contributed by atoms with Crippen LogP contribution < -0.4 is 10.5 Å². The fourth-order valence-corrected chi connectivity index (χ4v) is 2.95. The second-order valence-corrected chi connectivity index (χ2v) is 5.31. The molecule has 2 unspecified atom stereocenters. The molecule has 0 bridgehead atoms. The third kappa shape index (κ3) is 3.48. The molecule has 0 aromatic heterocycles. The Morgan fingerprint density at radius 2 is 2.26 bits per heavy atom. The lowest BCUT2D eigenvalue weighted by atomic mass is 10.0. The van der Waals surface area contributed by atoms with Crippen LogP contribution in [-0.4, -0.2) is 31.1 Å². The molecule has 2 atom stereocenters. The monoisotopic (exact) mass is 262 g/mol. The summed E-state index contributed by atoms with van der Waals surface area (Å²) in [6, 6.07) is 8.71. The number of hydrogen-bond acceptors (Lipinski definition) is 3. The van der Waals surface area contributed by atoms with Gasteiger partial charge in [-0.15, -0.1) is 0 Å². The summed E-state index contributed by atoms with van der Waals surface area (Å²) in [6.07, 6.45) is 2.57. The molecular weight excluding hydrogens is 236 g/mol. The molecule has 1 fully saturated rings. The number of hydrogen-bond donors (Lipinski definition) is 1. The molecule has 3 heteroatoms. The quantitative estimate of drug-likeness (QED) is 0.856. The minimum Gasteiger partial charge on any atom is -0.494 e.